The Morgan fingerprint density at radius 3 is 2.31 bits per heavy atom. The van der Waals surface area contributed by atoms with Gasteiger partial charge in [-0.15, -0.1) is 0 Å². The summed E-state index contributed by atoms with van der Waals surface area (Å²) in [4.78, 5) is 4.31. The first kappa shape index (κ1) is 7.98. The Balaban J connectivity index is 2.53. The van der Waals surface area contributed by atoms with Crippen LogP contribution in [0.2, 0.25) is 0 Å². The third-order valence-electron chi connectivity index (χ3n) is 1.91. The van der Waals surface area contributed by atoms with E-state index in [1.54, 1.807) is 0 Å². The second-order valence-electron chi connectivity index (χ2n) is 3.13. The molecule has 3 heteroatoms. The summed E-state index contributed by atoms with van der Waals surface area (Å²) >= 11 is 0. The number of nitrogens with zero attached hydrogens (tertiary/aromatic N) is 2. The number of nitrogens with one attached hydrogen (secondary N) is 1. The predicted octanol–water partition coefficient (Wildman–Crippen LogP) is 2.09. The van der Waals surface area contributed by atoms with Crippen LogP contribution in [0.25, 0.3) is 11.1 Å². The standard InChI is InChI=1S/C10H11N3/c1-7-3-9(4-8(2)13-7)10-5-11-12-6-10/h3-6H,1-2H3,(H,11,12). The zero-order chi connectivity index (χ0) is 9.26. The topological polar surface area (TPSA) is 41.6 Å². The van der Waals surface area contributed by atoms with Gasteiger partial charge in [-0.05, 0) is 31.5 Å². The Morgan fingerprint density at radius 2 is 1.77 bits per heavy atom. The lowest BCUT2D eigenvalue weighted by Gasteiger charge is -2.00. The monoisotopic (exact) mass is 173 g/mol. The number of pyridine rings is 1. The summed E-state index contributed by atoms with van der Waals surface area (Å²) in [7, 11) is 0. The van der Waals surface area contributed by atoms with Crippen LogP contribution < -0.4 is 0 Å². The van der Waals surface area contributed by atoms with Gasteiger partial charge in [0.1, 0.15) is 0 Å². The Morgan fingerprint density at radius 1 is 1.08 bits per heavy atom. The highest BCUT2D eigenvalue weighted by atomic mass is 15.1. The second kappa shape index (κ2) is 3.01. The minimum absolute atomic E-state index is 1.04. The molecule has 0 unspecified atom stereocenters. The molecule has 66 valence electrons. The van der Waals surface area contributed by atoms with Crippen molar-refractivity contribution < 1.29 is 0 Å². The van der Waals surface area contributed by atoms with E-state index in [0.29, 0.717) is 0 Å². The Kier molecular flexibility index (Phi) is 1.85. The van der Waals surface area contributed by atoms with Crippen LogP contribution in [-0.2, 0) is 0 Å². The quantitative estimate of drug-likeness (QED) is 0.717. The van der Waals surface area contributed by atoms with Crippen molar-refractivity contribution in [3.05, 3.63) is 35.9 Å². The van der Waals surface area contributed by atoms with E-state index in [2.05, 4.69) is 27.3 Å². The van der Waals surface area contributed by atoms with Gasteiger partial charge in [0.05, 0.1) is 6.20 Å². The molecule has 0 saturated heterocycles. The number of H-pyrrole nitrogens is 1. The fraction of sp³-hybridized carbons (Fsp3) is 0.200. The highest BCUT2D eigenvalue weighted by molar-refractivity contribution is 5.62. The number of rotatable bonds is 1. The van der Waals surface area contributed by atoms with E-state index >= 15 is 0 Å². The van der Waals surface area contributed by atoms with Crippen LogP contribution in [0.1, 0.15) is 11.4 Å². The summed E-state index contributed by atoms with van der Waals surface area (Å²) in [5.74, 6) is 0. The molecule has 0 aromatic carbocycles. The Labute approximate surface area is 76.8 Å². The maximum Gasteiger partial charge on any atom is 0.0565 e. The van der Waals surface area contributed by atoms with Crippen molar-refractivity contribution >= 4 is 0 Å². The summed E-state index contributed by atoms with van der Waals surface area (Å²) in [6.45, 7) is 3.99. The lowest BCUT2D eigenvalue weighted by molar-refractivity contribution is 1.09. The fourth-order valence-corrected chi connectivity index (χ4v) is 1.41. The summed E-state index contributed by atoms with van der Waals surface area (Å²) in [5.41, 5.74) is 4.35. The van der Waals surface area contributed by atoms with Crippen LogP contribution in [0.5, 0.6) is 0 Å². The molecule has 0 aliphatic carbocycles. The van der Waals surface area contributed by atoms with Crippen LogP contribution in [0.4, 0.5) is 0 Å². The molecule has 2 heterocycles. The largest absolute Gasteiger partial charge is 0.285 e. The molecule has 2 aromatic heterocycles. The summed E-state index contributed by atoms with van der Waals surface area (Å²) < 4.78 is 0. The third kappa shape index (κ3) is 1.59. The minimum atomic E-state index is 1.04. The molecule has 0 saturated carbocycles. The minimum Gasteiger partial charge on any atom is -0.285 e. The highest BCUT2D eigenvalue weighted by Gasteiger charge is 2.00. The molecule has 0 fully saturated rings. The van der Waals surface area contributed by atoms with Crippen molar-refractivity contribution in [3.8, 4) is 11.1 Å². The van der Waals surface area contributed by atoms with E-state index in [1.807, 2.05) is 26.2 Å². The molecule has 0 atom stereocenters. The van der Waals surface area contributed by atoms with Crippen LogP contribution in [0.3, 0.4) is 0 Å². The van der Waals surface area contributed by atoms with Crippen molar-refractivity contribution in [2.45, 2.75) is 13.8 Å². The van der Waals surface area contributed by atoms with Gasteiger partial charge < -0.3 is 0 Å². The average Bonchev–Trinajstić information content (AvgIpc) is 2.53. The molecule has 13 heavy (non-hydrogen) atoms. The first-order valence-corrected chi connectivity index (χ1v) is 4.20. The van der Waals surface area contributed by atoms with E-state index in [0.717, 1.165) is 17.0 Å². The molecule has 2 aromatic rings. The molecule has 0 spiro atoms. The molecule has 0 bridgehead atoms. The lowest BCUT2D eigenvalue weighted by Crippen LogP contribution is -1.86. The first-order valence-electron chi connectivity index (χ1n) is 4.20. The van der Waals surface area contributed by atoms with E-state index in [1.165, 1.54) is 5.56 Å². The van der Waals surface area contributed by atoms with Gasteiger partial charge in [0.15, 0.2) is 0 Å². The molecule has 0 amide bonds. The van der Waals surface area contributed by atoms with Gasteiger partial charge in [-0.3, -0.25) is 10.1 Å². The second-order valence-corrected chi connectivity index (χ2v) is 3.13. The van der Waals surface area contributed by atoms with Crippen molar-refractivity contribution in [3.63, 3.8) is 0 Å². The molecule has 2 rings (SSSR count). The molecular formula is C10H11N3. The van der Waals surface area contributed by atoms with E-state index in [-0.39, 0.29) is 0 Å². The average molecular weight is 173 g/mol. The van der Waals surface area contributed by atoms with Crippen LogP contribution in [0.15, 0.2) is 24.5 Å². The van der Waals surface area contributed by atoms with E-state index in [4.69, 9.17) is 0 Å². The first-order chi connectivity index (χ1) is 6.25. The smallest absolute Gasteiger partial charge is 0.0565 e. The summed E-state index contributed by atoms with van der Waals surface area (Å²) in [5, 5.41) is 6.71. The van der Waals surface area contributed by atoms with Gasteiger partial charge >= 0.3 is 0 Å². The van der Waals surface area contributed by atoms with Crippen molar-refractivity contribution in [2.75, 3.05) is 0 Å². The highest BCUT2D eigenvalue weighted by Crippen LogP contribution is 2.18. The number of hydrogen-bond donors (Lipinski definition) is 1. The molecule has 0 radical (unpaired) electrons. The van der Waals surface area contributed by atoms with Crippen LogP contribution in [-0.4, -0.2) is 15.2 Å². The van der Waals surface area contributed by atoms with Crippen molar-refractivity contribution in [2.24, 2.45) is 0 Å². The number of aryl methyl sites for hydroxylation is 2. The lowest BCUT2D eigenvalue weighted by atomic mass is 10.1. The van der Waals surface area contributed by atoms with E-state index in [9.17, 15) is 0 Å². The van der Waals surface area contributed by atoms with Gasteiger partial charge in [0.2, 0.25) is 0 Å². The molecule has 1 N–H and O–H groups in total. The van der Waals surface area contributed by atoms with Gasteiger partial charge in [0.25, 0.3) is 0 Å². The SMILES string of the molecule is Cc1cc(-c2cn[nH]c2)cc(C)n1. The fourth-order valence-electron chi connectivity index (χ4n) is 1.41. The van der Waals surface area contributed by atoms with Gasteiger partial charge in [0, 0.05) is 23.1 Å². The molecule has 0 aliphatic heterocycles. The van der Waals surface area contributed by atoms with Crippen molar-refractivity contribution in [1.29, 1.82) is 0 Å². The molecular weight excluding hydrogens is 162 g/mol. The number of aromatic nitrogens is 3. The summed E-state index contributed by atoms with van der Waals surface area (Å²) in [6, 6.07) is 4.11. The Bertz CT molecular complexity index is 384. The zero-order valence-corrected chi connectivity index (χ0v) is 7.70. The van der Waals surface area contributed by atoms with Crippen LogP contribution >= 0.6 is 0 Å². The number of aromatic amines is 1. The van der Waals surface area contributed by atoms with Crippen LogP contribution in [0, 0.1) is 13.8 Å². The Hall–Kier alpha value is -1.64. The van der Waals surface area contributed by atoms with E-state index < -0.39 is 0 Å². The molecule has 3 nitrogen and oxygen atoms in total. The maximum absolute atomic E-state index is 4.31. The summed E-state index contributed by atoms with van der Waals surface area (Å²) in [6.07, 6.45) is 3.70. The zero-order valence-electron chi connectivity index (χ0n) is 7.70. The molecule has 0 aliphatic rings. The van der Waals surface area contributed by atoms with Gasteiger partial charge in [-0.2, -0.15) is 5.10 Å². The normalized spacial score (nSPS) is 10.3. The third-order valence-corrected chi connectivity index (χ3v) is 1.91. The predicted molar refractivity (Wildman–Crippen MR) is 51.3 cm³/mol. The number of hydrogen-bond acceptors (Lipinski definition) is 2. The van der Waals surface area contributed by atoms with Gasteiger partial charge in [-0.1, -0.05) is 0 Å². The maximum atomic E-state index is 4.31. The van der Waals surface area contributed by atoms with Crippen molar-refractivity contribution in [1.82, 2.24) is 15.2 Å². The van der Waals surface area contributed by atoms with Gasteiger partial charge in [-0.25, -0.2) is 0 Å².